The van der Waals surface area contributed by atoms with Crippen LogP contribution in [0.15, 0.2) is 0 Å². The topological polar surface area (TPSA) is 78.9 Å². The van der Waals surface area contributed by atoms with Gasteiger partial charge in [0.2, 0.25) is 0 Å². The average molecular weight is 807 g/mol. The highest BCUT2D eigenvalue weighted by Crippen LogP contribution is 2.17. The lowest BCUT2D eigenvalue weighted by Gasteiger charge is -2.18. The molecule has 0 rings (SSSR count). The summed E-state index contributed by atoms with van der Waals surface area (Å²) < 4.78 is 16.8. The van der Waals surface area contributed by atoms with Gasteiger partial charge in [-0.1, -0.05) is 246 Å². The molecule has 0 aliphatic rings. The minimum absolute atomic E-state index is 0.0633. The normalized spacial score (nSPS) is 11.9. The quantitative estimate of drug-likeness (QED) is 0.0346. The van der Waals surface area contributed by atoms with Gasteiger partial charge in [0.1, 0.15) is 13.2 Å². The van der Waals surface area contributed by atoms with Gasteiger partial charge in [0.05, 0.1) is 0 Å². The zero-order chi connectivity index (χ0) is 41.7. The van der Waals surface area contributed by atoms with Gasteiger partial charge in [-0.15, -0.1) is 0 Å². The molecular weight excluding hydrogens is 709 g/mol. The number of hydrogen-bond donors (Lipinski definition) is 0. The maximum atomic E-state index is 12.7. The van der Waals surface area contributed by atoms with Gasteiger partial charge in [-0.05, 0) is 25.2 Å². The lowest BCUT2D eigenvalue weighted by Crippen LogP contribution is -2.30. The van der Waals surface area contributed by atoms with Crippen LogP contribution in [0.5, 0.6) is 0 Å². The van der Waals surface area contributed by atoms with Gasteiger partial charge in [-0.2, -0.15) is 0 Å². The van der Waals surface area contributed by atoms with Gasteiger partial charge in [-0.3, -0.25) is 14.4 Å². The summed E-state index contributed by atoms with van der Waals surface area (Å²) in [7, 11) is 0. The molecule has 0 unspecified atom stereocenters. The molecule has 0 fully saturated rings. The molecule has 0 bridgehead atoms. The summed E-state index contributed by atoms with van der Waals surface area (Å²) in [6, 6.07) is 0. The molecule has 0 aliphatic carbocycles. The molecule has 0 aromatic rings. The first kappa shape index (κ1) is 55.4. The Hall–Kier alpha value is -1.59. The summed E-state index contributed by atoms with van der Waals surface area (Å²) in [5.41, 5.74) is 0. The van der Waals surface area contributed by atoms with Crippen LogP contribution in [0, 0.1) is 5.92 Å². The van der Waals surface area contributed by atoms with Crippen molar-refractivity contribution in [2.45, 2.75) is 291 Å². The smallest absolute Gasteiger partial charge is 0.306 e. The van der Waals surface area contributed by atoms with E-state index in [1.54, 1.807) is 0 Å². The second-order valence-electron chi connectivity index (χ2n) is 17.9. The molecule has 1 atom stereocenters. The standard InChI is InChI=1S/C51H98O6/c1-5-7-9-11-13-15-17-18-19-20-21-22-24-25-30-34-38-42-49(52)55-45-48(57-51(54)44-40-36-32-26-23-16-14-12-10-8-6-2)46-56-50(53)43-39-35-31-28-27-29-33-37-41-47(3)4/h47-48H,5-46H2,1-4H3/t48-/m1/s1. The minimum atomic E-state index is -0.760. The summed E-state index contributed by atoms with van der Waals surface area (Å²) in [5.74, 6) is -0.0522. The molecule has 0 saturated heterocycles. The molecular formula is C51H98O6. The van der Waals surface area contributed by atoms with E-state index in [2.05, 4.69) is 27.7 Å². The van der Waals surface area contributed by atoms with E-state index in [0.717, 1.165) is 63.7 Å². The molecule has 0 radical (unpaired) electrons. The molecule has 6 heteroatoms. The lowest BCUT2D eigenvalue weighted by molar-refractivity contribution is -0.167. The summed E-state index contributed by atoms with van der Waals surface area (Å²) in [6.07, 6.45) is 46.6. The average Bonchev–Trinajstić information content (AvgIpc) is 3.19. The van der Waals surface area contributed by atoms with E-state index in [0.29, 0.717) is 19.3 Å². The molecule has 338 valence electrons. The second-order valence-corrected chi connectivity index (χ2v) is 17.9. The number of rotatable bonds is 46. The van der Waals surface area contributed by atoms with Gasteiger partial charge in [0, 0.05) is 19.3 Å². The van der Waals surface area contributed by atoms with E-state index in [4.69, 9.17) is 14.2 Å². The fourth-order valence-corrected chi connectivity index (χ4v) is 7.69. The molecule has 0 aromatic heterocycles. The Balaban J connectivity index is 4.26. The van der Waals surface area contributed by atoms with E-state index in [-0.39, 0.29) is 31.1 Å². The number of carbonyl (C=O) groups excluding carboxylic acids is 3. The van der Waals surface area contributed by atoms with Crippen molar-refractivity contribution in [2.24, 2.45) is 5.92 Å². The first-order valence-corrected chi connectivity index (χ1v) is 25.4. The number of ether oxygens (including phenoxy) is 3. The third kappa shape index (κ3) is 45.3. The number of unbranched alkanes of at least 4 members (excludes halogenated alkanes) is 33. The predicted molar refractivity (Wildman–Crippen MR) is 243 cm³/mol. The summed E-state index contributed by atoms with van der Waals surface area (Å²) in [6.45, 7) is 8.98. The molecule has 0 aromatic carbocycles. The fraction of sp³-hybridized carbons (Fsp3) is 0.941. The zero-order valence-corrected chi connectivity index (χ0v) is 38.8. The van der Waals surface area contributed by atoms with Crippen LogP contribution in [-0.4, -0.2) is 37.2 Å². The monoisotopic (exact) mass is 807 g/mol. The van der Waals surface area contributed by atoms with E-state index in [1.165, 1.54) is 180 Å². The summed E-state index contributed by atoms with van der Waals surface area (Å²) in [4.78, 5) is 37.8. The van der Waals surface area contributed by atoms with Gasteiger partial charge >= 0.3 is 17.9 Å². The molecule has 0 amide bonds. The largest absolute Gasteiger partial charge is 0.462 e. The Kier molecular flexibility index (Phi) is 44.2. The Morgan fingerprint density at radius 3 is 0.860 bits per heavy atom. The number of carbonyl (C=O) groups is 3. The minimum Gasteiger partial charge on any atom is -0.462 e. The second kappa shape index (κ2) is 45.5. The van der Waals surface area contributed by atoms with Gasteiger partial charge in [-0.25, -0.2) is 0 Å². The molecule has 0 aliphatic heterocycles. The van der Waals surface area contributed by atoms with Crippen molar-refractivity contribution in [3.8, 4) is 0 Å². The Labute approximate surface area is 355 Å². The SMILES string of the molecule is CCCCCCCCCCCCCCCCCCCC(=O)OC[C@H](COC(=O)CCCCCCCCCCC(C)C)OC(=O)CCCCCCCCCCCCC. The van der Waals surface area contributed by atoms with Crippen LogP contribution in [-0.2, 0) is 28.6 Å². The van der Waals surface area contributed by atoms with Gasteiger partial charge in [0.25, 0.3) is 0 Å². The van der Waals surface area contributed by atoms with Crippen molar-refractivity contribution in [1.82, 2.24) is 0 Å². The first-order valence-electron chi connectivity index (χ1n) is 25.4. The van der Waals surface area contributed by atoms with E-state index in [1.807, 2.05) is 0 Å². The van der Waals surface area contributed by atoms with Crippen LogP contribution in [0.1, 0.15) is 285 Å². The molecule has 0 saturated carbocycles. The molecule has 6 nitrogen and oxygen atoms in total. The predicted octanol–water partition coefficient (Wildman–Crippen LogP) is 16.3. The summed E-state index contributed by atoms with van der Waals surface area (Å²) >= 11 is 0. The Morgan fingerprint density at radius 2 is 0.579 bits per heavy atom. The van der Waals surface area contributed by atoms with Gasteiger partial charge < -0.3 is 14.2 Å². The number of hydrogen-bond acceptors (Lipinski definition) is 6. The van der Waals surface area contributed by atoms with Crippen LogP contribution in [0.25, 0.3) is 0 Å². The maximum Gasteiger partial charge on any atom is 0.306 e. The third-order valence-corrected chi connectivity index (χ3v) is 11.5. The first-order chi connectivity index (χ1) is 27.9. The van der Waals surface area contributed by atoms with E-state index < -0.39 is 6.10 Å². The van der Waals surface area contributed by atoms with Crippen LogP contribution in [0.3, 0.4) is 0 Å². The maximum absolute atomic E-state index is 12.7. The zero-order valence-electron chi connectivity index (χ0n) is 38.8. The van der Waals surface area contributed by atoms with Crippen LogP contribution < -0.4 is 0 Å². The van der Waals surface area contributed by atoms with Gasteiger partial charge in [0.15, 0.2) is 6.10 Å². The number of esters is 3. The molecule has 57 heavy (non-hydrogen) atoms. The van der Waals surface area contributed by atoms with Crippen molar-refractivity contribution in [3.63, 3.8) is 0 Å². The summed E-state index contributed by atoms with van der Waals surface area (Å²) in [5, 5.41) is 0. The van der Waals surface area contributed by atoms with Crippen molar-refractivity contribution >= 4 is 17.9 Å². The fourth-order valence-electron chi connectivity index (χ4n) is 7.69. The van der Waals surface area contributed by atoms with Crippen LogP contribution >= 0.6 is 0 Å². The molecule has 0 N–H and O–H groups in total. The highest BCUT2D eigenvalue weighted by atomic mass is 16.6. The van der Waals surface area contributed by atoms with Crippen LogP contribution in [0.2, 0.25) is 0 Å². The third-order valence-electron chi connectivity index (χ3n) is 11.5. The van der Waals surface area contributed by atoms with E-state index in [9.17, 15) is 14.4 Å². The Morgan fingerprint density at radius 1 is 0.333 bits per heavy atom. The molecule has 0 heterocycles. The van der Waals surface area contributed by atoms with Crippen molar-refractivity contribution in [2.75, 3.05) is 13.2 Å². The Bertz CT molecular complexity index is 857. The van der Waals surface area contributed by atoms with Crippen molar-refractivity contribution < 1.29 is 28.6 Å². The van der Waals surface area contributed by atoms with E-state index >= 15 is 0 Å². The van der Waals surface area contributed by atoms with Crippen molar-refractivity contribution in [3.05, 3.63) is 0 Å². The molecule has 0 spiro atoms. The lowest BCUT2D eigenvalue weighted by atomic mass is 10.0. The van der Waals surface area contributed by atoms with Crippen LogP contribution in [0.4, 0.5) is 0 Å². The highest BCUT2D eigenvalue weighted by molar-refractivity contribution is 5.71. The van der Waals surface area contributed by atoms with Crippen molar-refractivity contribution in [1.29, 1.82) is 0 Å². The highest BCUT2D eigenvalue weighted by Gasteiger charge is 2.19.